The Morgan fingerprint density at radius 1 is 1.43 bits per heavy atom. The first kappa shape index (κ1) is 7.84. The van der Waals surface area contributed by atoms with E-state index in [9.17, 15) is 0 Å². The Hall–Kier alpha value is 0.843. The van der Waals surface area contributed by atoms with Crippen LogP contribution in [0, 0.1) is 0 Å². The van der Waals surface area contributed by atoms with E-state index in [2.05, 4.69) is 6.92 Å². The molecule has 2 heteroatoms. The van der Waals surface area contributed by atoms with E-state index in [4.69, 9.17) is 2.81 Å². The van der Waals surface area contributed by atoms with Gasteiger partial charge in [-0.1, -0.05) is 0 Å². The van der Waals surface area contributed by atoms with Crippen molar-refractivity contribution < 1.29 is 2.81 Å². The molecule has 0 aliphatic carbocycles. The standard InChI is InChI=1S/C5H11O.Bi/c1-2-3-4-5-6;/h2-5H2,1H3;/q-1;+3. The summed E-state index contributed by atoms with van der Waals surface area (Å²) in [4.78, 5) is 0. The molecule has 0 N–H and O–H groups in total. The number of unbranched alkanes of at least 4 members (excludes halogenated alkanes) is 2. The molecule has 0 amide bonds. The van der Waals surface area contributed by atoms with Crippen LogP contribution in [0.5, 0.6) is 0 Å². The third-order valence-corrected chi connectivity index (χ3v) is 1.55. The SMILES string of the molecule is CCCCC[O][Bi+2]. The van der Waals surface area contributed by atoms with Crippen LogP contribution in [0.15, 0.2) is 0 Å². The average molecular weight is 296 g/mol. The summed E-state index contributed by atoms with van der Waals surface area (Å²) in [6, 6.07) is 0. The van der Waals surface area contributed by atoms with Crippen molar-refractivity contribution in [2.75, 3.05) is 6.61 Å². The summed E-state index contributed by atoms with van der Waals surface area (Å²) in [5.74, 6) is 0. The van der Waals surface area contributed by atoms with Crippen LogP contribution >= 0.6 is 0 Å². The molecule has 0 atom stereocenters. The third kappa shape index (κ3) is 6.84. The van der Waals surface area contributed by atoms with Gasteiger partial charge in [-0.15, -0.1) is 0 Å². The van der Waals surface area contributed by atoms with Crippen LogP contribution in [-0.2, 0) is 2.81 Å². The molecule has 0 unspecified atom stereocenters. The maximum absolute atomic E-state index is 4.96. The number of hydrogen-bond donors (Lipinski definition) is 0. The molecule has 40 valence electrons. The Kier molecular flexibility index (Phi) is 7.67. The molecule has 0 heterocycles. The van der Waals surface area contributed by atoms with Crippen LogP contribution in [0.3, 0.4) is 0 Å². The van der Waals surface area contributed by atoms with Crippen molar-refractivity contribution >= 4 is 25.2 Å². The Bertz CT molecular complexity index is 27.3. The van der Waals surface area contributed by atoms with Gasteiger partial charge in [0.2, 0.25) is 0 Å². The molecule has 7 heavy (non-hydrogen) atoms. The van der Waals surface area contributed by atoms with Crippen molar-refractivity contribution in [2.24, 2.45) is 0 Å². The fourth-order valence-electron chi connectivity index (χ4n) is 0.417. The normalized spacial score (nSPS) is 9.29. The van der Waals surface area contributed by atoms with E-state index < -0.39 is 0 Å². The van der Waals surface area contributed by atoms with E-state index in [1.807, 2.05) is 0 Å². The molecule has 0 aliphatic heterocycles. The van der Waals surface area contributed by atoms with Gasteiger partial charge in [0.25, 0.3) is 0 Å². The minimum atomic E-state index is 0.974. The van der Waals surface area contributed by atoms with E-state index in [-0.39, 0.29) is 0 Å². The van der Waals surface area contributed by atoms with Crippen molar-refractivity contribution in [1.82, 2.24) is 0 Å². The zero-order valence-electron chi connectivity index (χ0n) is 4.68. The molecule has 0 saturated carbocycles. The van der Waals surface area contributed by atoms with Crippen molar-refractivity contribution in [3.8, 4) is 0 Å². The van der Waals surface area contributed by atoms with Crippen LogP contribution in [0.25, 0.3) is 0 Å². The zero-order valence-corrected chi connectivity index (χ0v) is 8.16. The minimum absolute atomic E-state index is 0.974. The first-order chi connectivity index (χ1) is 3.41. The van der Waals surface area contributed by atoms with Crippen molar-refractivity contribution in [1.29, 1.82) is 0 Å². The molecule has 1 nitrogen and oxygen atoms in total. The summed E-state index contributed by atoms with van der Waals surface area (Å²) < 4.78 is 4.96. The van der Waals surface area contributed by atoms with Crippen LogP contribution in [0.2, 0.25) is 0 Å². The molecular weight excluding hydrogens is 285 g/mol. The third-order valence-electron chi connectivity index (χ3n) is 0.839. The Morgan fingerprint density at radius 2 is 2.14 bits per heavy atom. The summed E-state index contributed by atoms with van der Waals surface area (Å²) in [6.07, 6.45) is 3.85. The topological polar surface area (TPSA) is 9.23 Å². The quantitative estimate of drug-likeness (QED) is 0.561. The van der Waals surface area contributed by atoms with Crippen molar-refractivity contribution in [3.05, 3.63) is 0 Å². The van der Waals surface area contributed by atoms with Crippen LogP contribution in [0.1, 0.15) is 26.2 Å². The van der Waals surface area contributed by atoms with Crippen molar-refractivity contribution in [3.63, 3.8) is 0 Å². The van der Waals surface area contributed by atoms with Gasteiger partial charge >= 0.3 is 60.8 Å². The molecule has 0 saturated heterocycles. The monoisotopic (exact) mass is 296 g/mol. The second kappa shape index (κ2) is 6.84. The Balaban J connectivity index is 2.45. The zero-order chi connectivity index (χ0) is 5.54. The summed E-state index contributed by atoms with van der Waals surface area (Å²) >= 11 is 1.07. The van der Waals surface area contributed by atoms with E-state index in [0.717, 1.165) is 31.8 Å². The van der Waals surface area contributed by atoms with Gasteiger partial charge < -0.3 is 0 Å². The number of hydrogen-bond acceptors (Lipinski definition) is 1. The summed E-state index contributed by atoms with van der Waals surface area (Å²) in [5, 5.41) is 0. The predicted molar refractivity (Wildman–Crippen MR) is 31.2 cm³/mol. The van der Waals surface area contributed by atoms with Gasteiger partial charge in [0.15, 0.2) is 0 Å². The molecule has 0 fully saturated rings. The second-order valence-corrected chi connectivity index (χ2v) is 2.54. The van der Waals surface area contributed by atoms with Gasteiger partial charge in [-0.25, -0.2) is 0 Å². The first-order valence-corrected chi connectivity index (χ1v) is 4.10. The Morgan fingerprint density at radius 3 is 2.57 bits per heavy atom. The second-order valence-electron chi connectivity index (χ2n) is 1.54. The summed E-state index contributed by atoms with van der Waals surface area (Å²) in [5.41, 5.74) is 0. The molecule has 2 radical (unpaired) electrons. The molecule has 0 rings (SSSR count). The molecule has 0 aromatic carbocycles. The van der Waals surface area contributed by atoms with Crippen LogP contribution < -0.4 is 0 Å². The van der Waals surface area contributed by atoms with Gasteiger partial charge in [0.1, 0.15) is 0 Å². The first-order valence-electron chi connectivity index (χ1n) is 2.68. The van der Waals surface area contributed by atoms with Gasteiger partial charge in [-0.2, -0.15) is 0 Å². The van der Waals surface area contributed by atoms with Crippen molar-refractivity contribution in [2.45, 2.75) is 26.2 Å². The van der Waals surface area contributed by atoms with Gasteiger partial charge in [-0.05, 0) is 0 Å². The van der Waals surface area contributed by atoms with Crippen LogP contribution in [-0.4, -0.2) is 31.8 Å². The summed E-state index contributed by atoms with van der Waals surface area (Å²) in [7, 11) is 0. The molecular formula is C5H11BiO+2. The van der Waals surface area contributed by atoms with E-state index in [0.29, 0.717) is 0 Å². The molecule has 0 aromatic heterocycles. The fraction of sp³-hybridized carbons (Fsp3) is 1.00. The van der Waals surface area contributed by atoms with Gasteiger partial charge in [-0.3, -0.25) is 0 Å². The van der Waals surface area contributed by atoms with Crippen LogP contribution in [0.4, 0.5) is 0 Å². The van der Waals surface area contributed by atoms with Gasteiger partial charge in [0.05, 0.1) is 0 Å². The molecule has 0 aromatic rings. The summed E-state index contributed by atoms with van der Waals surface area (Å²) in [6.45, 7) is 3.17. The maximum atomic E-state index is 4.96. The fourth-order valence-corrected chi connectivity index (χ4v) is 0.918. The van der Waals surface area contributed by atoms with E-state index in [1.165, 1.54) is 19.3 Å². The van der Waals surface area contributed by atoms with E-state index >= 15 is 0 Å². The Labute approximate surface area is 60.9 Å². The molecule has 0 bridgehead atoms. The number of rotatable bonds is 4. The van der Waals surface area contributed by atoms with E-state index in [1.54, 1.807) is 0 Å². The predicted octanol–water partition coefficient (Wildman–Crippen LogP) is 1.28. The molecule has 0 aliphatic rings. The average Bonchev–Trinajstić information content (AvgIpc) is 1.69. The van der Waals surface area contributed by atoms with Gasteiger partial charge in [0, 0.05) is 0 Å². The molecule has 0 spiro atoms.